The van der Waals surface area contributed by atoms with E-state index in [1.807, 2.05) is 32.0 Å². The lowest BCUT2D eigenvalue weighted by atomic mass is 9.91. The number of ether oxygens (including phenoxy) is 1. The van der Waals surface area contributed by atoms with Crippen LogP contribution < -0.4 is 20.3 Å². The molecule has 0 saturated heterocycles. The normalized spacial score (nSPS) is 18.9. The largest absolute Gasteiger partial charge is 0.573 e. The Balaban J connectivity index is 1.52. The minimum Gasteiger partial charge on any atom is -0.406 e. The number of aromatic nitrogens is 2. The number of carbonyl (C=O) groups excluding carboxylic acids is 1. The average molecular weight is 437 g/mol. The summed E-state index contributed by atoms with van der Waals surface area (Å²) in [5, 5.41) is 6.27. The Morgan fingerprint density at radius 1 is 1.10 bits per heavy atom. The minimum absolute atomic E-state index is 0.0477. The zero-order valence-corrected chi connectivity index (χ0v) is 17.7. The van der Waals surface area contributed by atoms with Crippen molar-refractivity contribution in [3.8, 4) is 5.75 Å². The summed E-state index contributed by atoms with van der Waals surface area (Å²) in [4.78, 5) is 23.3. The highest BCUT2D eigenvalue weighted by molar-refractivity contribution is 5.94. The van der Waals surface area contributed by atoms with Gasteiger partial charge in [0, 0.05) is 43.5 Å². The van der Waals surface area contributed by atoms with Crippen molar-refractivity contribution in [1.82, 2.24) is 15.3 Å². The number of amides is 1. The second-order valence-electron chi connectivity index (χ2n) is 7.83. The Bertz CT molecular complexity index is 912. The van der Waals surface area contributed by atoms with Crippen LogP contribution in [-0.2, 0) is 0 Å². The van der Waals surface area contributed by atoms with E-state index in [1.165, 1.54) is 12.1 Å². The van der Waals surface area contributed by atoms with Crippen LogP contribution in [0.5, 0.6) is 5.75 Å². The molecular weight excluding hydrogens is 411 g/mol. The maximum Gasteiger partial charge on any atom is 0.573 e. The third kappa shape index (κ3) is 6.73. The predicted octanol–water partition coefficient (Wildman–Crippen LogP) is 3.90. The number of halogens is 3. The molecule has 0 unspecified atom stereocenters. The molecular formula is C21H26F3N5O2. The van der Waals surface area contributed by atoms with E-state index in [-0.39, 0.29) is 17.6 Å². The van der Waals surface area contributed by atoms with Crippen LogP contribution in [0.4, 0.5) is 24.9 Å². The van der Waals surface area contributed by atoms with Crippen LogP contribution in [-0.4, -0.2) is 48.4 Å². The van der Waals surface area contributed by atoms with Crippen LogP contribution in [0.1, 0.15) is 41.7 Å². The first-order valence-electron chi connectivity index (χ1n) is 10.1. The lowest BCUT2D eigenvalue weighted by molar-refractivity contribution is -0.274. The van der Waals surface area contributed by atoms with Crippen LogP contribution in [0.3, 0.4) is 0 Å². The van der Waals surface area contributed by atoms with Crippen LogP contribution in [0.2, 0.25) is 0 Å². The van der Waals surface area contributed by atoms with Gasteiger partial charge in [-0.2, -0.15) is 4.98 Å². The molecule has 2 N–H and O–H groups in total. The van der Waals surface area contributed by atoms with Crippen LogP contribution in [0, 0.1) is 6.92 Å². The monoisotopic (exact) mass is 437 g/mol. The molecule has 2 aromatic rings. The van der Waals surface area contributed by atoms with Gasteiger partial charge >= 0.3 is 6.36 Å². The summed E-state index contributed by atoms with van der Waals surface area (Å²) >= 11 is 0. The van der Waals surface area contributed by atoms with E-state index in [1.54, 1.807) is 0 Å². The fourth-order valence-corrected chi connectivity index (χ4v) is 3.51. The molecule has 1 aromatic carbocycles. The first-order valence-corrected chi connectivity index (χ1v) is 10.1. The zero-order valence-electron chi connectivity index (χ0n) is 17.7. The first kappa shape index (κ1) is 22.6. The van der Waals surface area contributed by atoms with E-state index in [0.29, 0.717) is 5.95 Å². The van der Waals surface area contributed by atoms with Crippen molar-refractivity contribution in [2.24, 2.45) is 0 Å². The van der Waals surface area contributed by atoms with Crippen molar-refractivity contribution in [3.05, 3.63) is 41.6 Å². The molecule has 1 aliphatic carbocycles. The molecule has 0 bridgehead atoms. The molecule has 0 aliphatic heterocycles. The summed E-state index contributed by atoms with van der Waals surface area (Å²) in [6.07, 6.45) is -1.68. The Kier molecular flexibility index (Phi) is 6.87. The van der Waals surface area contributed by atoms with Crippen molar-refractivity contribution in [3.63, 3.8) is 0 Å². The van der Waals surface area contributed by atoms with Crippen molar-refractivity contribution in [2.75, 3.05) is 24.3 Å². The fourth-order valence-electron chi connectivity index (χ4n) is 3.51. The third-order valence-corrected chi connectivity index (χ3v) is 5.02. The van der Waals surface area contributed by atoms with Gasteiger partial charge in [-0.25, -0.2) is 4.98 Å². The van der Waals surface area contributed by atoms with Crippen LogP contribution >= 0.6 is 0 Å². The average Bonchev–Trinajstić information content (AvgIpc) is 2.68. The van der Waals surface area contributed by atoms with E-state index in [4.69, 9.17) is 0 Å². The highest BCUT2D eigenvalue weighted by Crippen LogP contribution is 2.25. The number of aryl methyl sites for hydroxylation is 1. The van der Waals surface area contributed by atoms with Gasteiger partial charge in [-0.05, 0) is 50.8 Å². The van der Waals surface area contributed by atoms with Crippen molar-refractivity contribution in [2.45, 2.75) is 51.1 Å². The molecule has 0 spiro atoms. The lowest BCUT2D eigenvalue weighted by Crippen LogP contribution is -2.40. The van der Waals surface area contributed by atoms with Crippen LogP contribution in [0.25, 0.3) is 0 Å². The number of hydrogen-bond donors (Lipinski definition) is 2. The van der Waals surface area contributed by atoms with E-state index < -0.39 is 18.0 Å². The highest BCUT2D eigenvalue weighted by atomic mass is 19.4. The number of nitrogens with zero attached hydrogens (tertiary/aromatic N) is 3. The number of nitrogens with one attached hydrogen (secondary N) is 2. The Morgan fingerprint density at radius 2 is 1.77 bits per heavy atom. The van der Waals surface area contributed by atoms with Gasteiger partial charge in [0.2, 0.25) is 5.95 Å². The summed E-state index contributed by atoms with van der Waals surface area (Å²) in [5.41, 5.74) is 1.00. The highest BCUT2D eigenvalue weighted by Gasteiger charge is 2.31. The summed E-state index contributed by atoms with van der Waals surface area (Å²) < 4.78 is 41.0. The van der Waals surface area contributed by atoms with Gasteiger partial charge in [-0.15, -0.1) is 13.2 Å². The van der Waals surface area contributed by atoms with Crippen molar-refractivity contribution < 1.29 is 22.7 Å². The van der Waals surface area contributed by atoms with E-state index in [9.17, 15) is 18.0 Å². The quantitative estimate of drug-likeness (QED) is 0.714. The summed E-state index contributed by atoms with van der Waals surface area (Å²) in [6, 6.07) is 7.13. The lowest BCUT2D eigenvalue weighted by Gasteiger charge is -2.30. The second kappa shape index (κ2) is 9.40. The smallest absolute Gasteiger partial charge is 0.406 e. The molecule has 3 rings (SSSR count). The molecule has 1 heterocycles. The second-order valence-corrected chi connectivity index (χ2v) is 7.83. The molecule has 1 aromatic heterocycles. The SMILES string of the molecule is Cc1cc(N(C)C)nc(N[C@H]2CC[C@@H](NC(=O)c3cccc(OC(F)(F)F)c3)CC2)n1. The molecule has 1 amide bonds. The van der Waals surface area contributed by atoms with Gasteiger partial charge in [0.15, 0.2) is 0 Å². The maximum atomic E-state index is 12.5. The maximum absolute atomic E-state index is 12.5. The zero-order chi connectivity index (χ0) is 22.6. The van der Waals surface area contributed by atoms with Crippen molar-refractivity contribution in [1.29, 1.82) is 0 Å². The molecule has 1 saturated carbocycles. The predicted molar refractivity (Wildman–Crippen MR) is 111 cm³/mol. The number of anilines is 2. The molecule has 31 heavy (non-hydrogen) atoms. The van der Waals surface area contributed by atoms with Crippen LogP contribution in [0.15, 0.2) is 30.3 Å². The number of alkyl halides is 3. The molecule has 10 heteroatoms. The molecule has 0 atom stereocenters. The number of hydrogen-bond acceptors (Lipinski definition) is 6. The molecule has 0 radical (unpaired) electrons. The third-order valence-electron chi connectivity index (χ3n) is 5.02. The summed E-state index contributed by atoms with van der Waals surface area (Å²) in [5.74, 6) is 0.579. The van der Waals surface area contributed by atoms with Gasteiger partial charge in [-0.3, -0.25) is 4.79 Å². The summed E-state index contributed by atoms with van der Waals surface area (Å²) in [6.45, 7) is 1.92. The van der Waals surface area contributed by atoms with Gasteiger partial charge < -0.3 is 20.3 Å². The standard InChI is InChI=1S/C21H26F3N5O2/c1-13-11-18(29(2)3)28-20(25-13)27-16-9-7-15(8-10-16)26-19(30)14-5-4-6-17(12-14)31-21(22,23)24/h4-6,11-12,15-16H,7-10H2,1-3H3,(H,26,30)(H,25,27,28)/t15-,16+. The molecule has 1 aliphatic rings. The first-order chi connectivity index (χ1) is 14.6. The molecule has 1 fully saturated rings. The van der Waals surface area contributed by atoms with E-state index >= 15 is 0 Å². The van der Waals surface area contributed by atoms with E-state index in [0.717, 1.165) is 49.3 Å². The topological polar surface area (TPSA) is 79.4 Å². The number of carbonyl (C=O) groups is 1. The number of benzene rings is 1. The Hall–Kier alpha value is -3.04. The van der Waals surface area contributed by atoms with Gasteiger partial charge in [-0.1, -0.05) is 6.07 Å². The van der Waals surface area contributed by atoms with Gasteiger partial charge in [0.1, 0.15) is 11.6 Å². The van der Waals surface area contributed by atoms with Gasteiger partial charge in [0.25, 0.3) is 5.91 Å². The van der Waals surface area contributed by atoms with Gasteiger partial charge in [0.05, 0.1) is 0 Å². The van der Waals surface area contributed by atoms with E-state index in [2.05, 4.69) is 25.3 Å². The van der Waals surface area contributed by atoms with Crippen molar-refractivity contribution >= 4 is 17.7 Å². The number of rotatable bonds is 6. The Morgan fingerprint density at radius 3 is 2.42 bits per heavy atom. The summed E-state index contributed by atoms with van der Waals surface area (Å²) in [7, 11) is 3.84. The molecule has 7 nitrogen and oxygen atoms in total. The Labute approximate surface area is 179 Å². The fraction of sp³-hybridized carbons (Fsp3) is 0.476. The minimum atomic E-state index is -4.80. The molecule has 168 valence electrons.